The van der Waals surface area contributed by atoms with E-state index in [1.54, 1.807) is 0 Å². The molecule has 1 aliphatic carbocycles. The third-order valence-corrected chi connectivity index (χ3v) is 5.62. The first-order valence-corrected chi connectivity index (χ1v) is 9.58. The maximum absolute atomic E-state index is 10.1. The minimum absolute atomic E-state index is 0.0401. The maximum Gasteiger partial charge on any atom is 0.161 e. The van der Waals surface area contributed by atoms with E-state index in [1.165, 1.54) is 5.56 Å². The van der Waals surface area contributed by atoms with Crippen LogP contribution in [0.4, 0.5) is 0 Å². The Morgan fingerprint density at radius 3 is 2.84 bits per heavy atom. The average molecular weight is 345 g/mol. The molecule has 0 radical (unpaired) electrons. The van der Waals surface area contributed by atoms with Crippen LogP contribution in [0.2, 0.25) is 0 Å². The van der Waals surface area contributed by atoms with Crippen molar-refractivity contribution >= 4 is 0 Å². The highest BCUT2D eigenvalue weighted by molar-refractivity contribution is 5.48. The normalized spacial score (nSPS) is 28.8. The van der Waals surface area contributed by atoms with Gasteiger partial charge in [0.05, 0.1) is 19.3 Å². The third kappa shape index (κ3) is 3.56. The SMILES string of the molecule is CCCCOc1cc([C@@]23C=C[C@H](O)C[C@@H]2N(C)CC3)ccc1OCC. The fourth-order valence-electron chi connectivity index (χ4n) is 4.20. The Labute approximate surface area is 151 Å². The number of aliphatic hydroxyl groups is 1. The highest BCUT2D eigenvalue weighted by Gasteiger charge is 2.48. The average Bonchev–Trinajstić information content (AvgIpc) is 2.94. The summed E-state index contributed by atoms with van der Waals surface area (Å²) in [5.41, 5.74) is 1.22. The molecule has 3 rings (SSSR count). The second kappa shape index (κ2) is 7.79. The number of hydrogen-bond acceptors (Lipinski definition) is 4. The van der Waals surface area contributed by atoms with Crippen LogP contribution >= 0.6 is 0 Å². The van der Waals surface area contributed by atoms with Gasteiger partial charge in [-0.25, -0.2) is 0 Å². The van der Waals surface area contributed by atoms with Crippen molar-refractivity contribution in [2.45, 2.75) is 57.1 Å². The van der Waals surface area contributed by atoms with Gasteiger partial charge >= 0.3 is 0 Å². The van der Waals surface area contributed by atoms with E-state index in [0.717, 1.165) is 43.7 Å². The Morgan fingerprint density at radius 1 is 1.24 bits per heavy atom. The molecule has 1 aliphatic heterocycles. The molecule has 0 unspecified atom stereocenters. The summed E-state index contributed by atoms with van der Waals surface area (Å²) >= 11 is 0. The number of benzene rings is 1. The topological polar surface area (TPSA) is 41.9 Å². The molecular formula is C21H31NO3. The van der Waals surface area contributed by atoms with Crippen molar-refractivity contribution in [1.82, 2.24) is 4.90 Å². The zero-order valence-corrected chi connectivity index (χ0v) is 15.7. The molecule has 1 fully saturated rings. The molecule has 0 aromatic heterocycles. The van der Waals surface area contributed by atoms with Crippen LogP contribution in [0, 0.1) is 0 Å². The van der Waals surface area contributed by atoms with Crippen molar-refractivity contribution in [3.63, 3.8) is 0 Å². The zero-order chi connectivity index (χ0) is 17.9. The van der Waals surface area contributed by atoms with Gasteiger partial charge in [-0.1, -0.05) is 31.6 Å². The first kappa shape index (κ1) is 18.3. The molecular weight excluding hydrogens is 314 g/mol. The van der Waals surface area contributed by atoms with Crippen molar-refractivity contribution in [3.05, 3.63) is 35.9 Å². The number of nitrogens with zero attached hydrogens (tertiary/aromatic N) is 1. The van der Waals surface area contributed by atoms with E-state index < -0.39 is 0 Å². The van der Waals surface area contributed by atoms with Gasteiger partial charge in [0, 0.05) is 11.5 Å². The van der Waals surface area contributed by atoms with E-state index in [-0.39, 0.29) is 11.5 Å². The fourth-order valence-corrected chi connectivity index (χ4v) is 4.20. The summed E-state index contributed by atoms with van der Waals surface area (Å²) in [6.45, 7) is 6.55. The lowest BCUT2D eigenvalue weighted by Crippen LogP contribution is -2.44. The smallest absolute Gasteiger partial charge is 0.161 e. The molecule has 0 bridgehead atoms. The van der Waals surface area contributed by atoms with Gasteiger partial charge in [-0.3, -0.25) is 0 Å². The molecule has 25 heavy (non-hydrogen) atoms. The predicted molar refractivity (Wildman–Crippen MR) is 100 cm³/mol. The van der Waals surface area contributed by atoms with Crippen LogP contribution in [0.15, 0.2) is 30.4 Å². The van der Waals surface area contributed by atoms with Crippen molar-refractivity contribution in [2.24, 2.45) is 0 Å². The van der Waals surface area contributed by atoms with Gasteiger partial charge in [0.25, 0.3) is 0 Å². The molecule has 1 aromatic carbocycles. The minimum Gasteiger partial charge on any atom is -0.490 e. The van der Waals surface area contributed by atoms with E-state index in [0.29, 0.717) is 19.3 Å². The summed E-state index contributed by atoms with van der Waals surface area (Å²) in [5, 5.41) is 10.1. The van der Waals surface area contributed by atoms with Gasteiger partial charge in [-0.2, -0.15) is 0 Å². The van der Waals surface area contributed by atoms with E-state index in [9.17, 15) is 5.11 Å². The molecule has 0 spiro atoms. The largest absolute Gasteiger partial charge is 0.490 e. The monoisotopic (exact) mass is 345 g/mol. The Hall–Kier alpha value is -1.52. The van der Waals surface area contributed by atoms with E-state index in [2.05, 4.69) is 37.1 Å². The number of rotatable bonds is 7. The van der Waals surface area contributed by atoms with Crippen LogP contribution < -0.4 is 9.47 Å². The second-order valence-corrected chi connectivity index (χ2v) is 7.25. The van der Waals surface area contributed by atoms with Crippen molar-refractivity contribution < 1.29 is 14.6 Å². The van der Waals surface area contributed by atoms with Crippen LogP contribution in [0.3, 0.4) is 0 Å². The Bertz CT molecular complexity index is 615. The molecule has 1 aromatic rings. The third-order valence-electron chi connectivity index (χ3n) is 5.62. The lowest BCUT2D eigenvalue weighted by molar-refractivity contribution is 0.137. The standard InChI is InChI=1S/C21H31NO3/c1-4-6-13-25-19-14-16(7-8-18(19)24-5-2)21-10-9-17(23)15-20(21)22(3)12-11-21/h7-10,14,17,20,23H,4-6,11-13,15H2,1-3H3/t17-,20-,21-/m0/s1. The summed E-state index contributed by atoms with van der Waals surface area (Å²) in [4.78, 5) is 2.38. The molecule has 1 saturated heterocycles. The van der Waals surface area contributed by atoms with Gasteiger partial charge in [-0.15, -0.1) is 0 Å². The van der Waals surface area contributed by atoms with E-state index in [4.69, 9.17) is 9.47 Å². The zero-order valence-electron chi connectivity index (χ0n) is 15.7. The molecule has 0 saturated carbocycles. The number of unbranched alkanes of at least 4 members (excludes halogenated alkanes) is 1. The van der Waals surface area contributed by atoms with Crippen molar-refractivity contribution in [2.75, 3.05) is 26.8 Å². The van der Waals surface area contributed by atoms with E-state index in [1.807, 2.05) is 19.1 Å². The first-order valence-electron chi connectivity index (χ1n) is 9.58. The van der Waals surface area contributed by atoms with E-state index >= 15 is 0 Å². The molecule has 0 amide bonds. The number of hydrogen-bond donors (Lipinski definition) is 1. The molecule has 4 heteroatoms. The summed E-state index contributed by atoms with van der Waals surface area (Å²) < 4.78 is 11.8. The highest BCUT2D eigenvalue weighted by Crippen LogP contribution is 2.47. The van der Waals surface area contributed by atoms with Crippen LogP contribution in [0.5, 0.6) is 11.5 Å². The molecule has 4 nitrogen and oxygen atoms in total. The van der Waals surface area contributed by atoms with Crippen molar-refractivity contribution in [3.8, 4) is 11.5 Å². The van der Waals surface area contributed by atoms with Crippen LogP contribution in [0.1, 0.15) is 45.1 Å². The number of ether oxygens (including phenoxy) is 2. The molecule has 3 atom stereocenters. The minimum atomic E-state index is -0.346. The molecule has 138 valence electrons. The predicted octanol–water partition coefficient (Wildman–Crippen LogP) is 3.53. The number of fused-ring (bicyclic) bond motifs is 1. The van der Waals surface area contributed by atoms with Crippen LogP contribution in [-0.4, -0.2) is 49.0 Å². The van der Waals surface area contributed by atoms with Crippen molar-refractivity contribution in [1.29, 1.82) is 0 Å². The fraction of sp³-hybridized carbons (Fsp3) is 0.619. The maximum atomic E-state index is 10.1. The Kier molecular flexibility index (Phi) is 5.70. The van der Waals surface area contributed by atoms with Gasteiger partial charge in [0.15, 0.2) is 11.5 Å². The van der Waals surface area contributed by atoms with Crippen LogP contribution in [0.25, 0.3) is 0 Å². The highest BCUT2D eigenvalue weighted by atomic mass is 16.5. The van der Waals surface area contributed by atoms with Gasteiger partial charge in [0.1, 0.15) is 0 Å². The van der Waals surface area contributed by atoms with Crippen LogP contribution in [-0.2, 0) is 5.41 Å². The van der Waals surface area contributed by atoms with Gasteiger partial charge < -0.3 is 19.5 Å². The molecule has 1 N–H and O–H groups in total. The molecule has 1 heterocycles. The van der Waals surface area contributed by atoms with Gasteiger partial charge in [0.2, 0.25) is 0 Å². The first-order chi connectivity index (χ1) is 12.1. The lowest BCUT2D eigenvalue weighted by Gasteiger charge is -2.39. The lowest BCUT2D eigenvalue weighted by atomic mass is 9.69. The Morgan fingerprint density at radius 2 is 2.08 bits per heavy atom. The Balaban J connectivity index is 1.95. The summed E-state index contributed by atoms with van der Waals surface area (Å²) in [5.74, 6) is 1.66. The summed E-state index contributed by atoms with van der Waals surface area (Å²) in [6.07, 6.45) is 7.84. The second-order valence-electron chi connectivity index (χ2n) is 7.25. The quantitative estimate of drug-likeness (QED) is 0.606. The number of aliphatic hydroxyl groups excluding tert-OH is 1. The summed E-state index contributed by atoms with van der Waals surface area (Å²) in [7, 11) is 2.16. The van der Waals surface area contributed by atoms with Gasteiger partial charge in [-0.05, 0) is 57.5 Å². The number of likely N-dealkylation sites (N-methyl/N-ethyl adjacent to an activating group) is 1. The molecule has 2 aliphatic rings. The summed E-state index contributed by atoms with van der Waals surface area (Å²) in [6, 6.07) is 6.71. The number of likely N-dealkylation sites (tertiary alicyclic amines) is 1.